The second-order valence-corrected chi connectivity index (χ2v) is 9.21. The van der Waals surface area contributed by atoms with Crippen LogP contribution >= 0.6 is 0 Å². The number of hydrogen-bond acceptors (Lipinski definition) is 8. The number of anilines is 2. The van der Waals surface area contributed by atoms with Gasteiger partial charge in [-0.15, -0.1) is 0 Å². The summed E-state index contributed by atoms with van der Waals surface area (Å²) in [6.07, 6.45) is 5.60. The number of fused-ring (bicyclic) bond motifs is 1. The minimum Gasteiger partial charge on any atom is -0.344 e. The fourth-order valence-corrected chi connectivity index (χ4v) is 3.99. The van der Waals surface area contributed by atoms with E-state index in [9.17, 15) is 14.9 Å². The maximum Gasteiger partial charge on any atom is 0.171 e. The number of hydrogen-bond donors (Lipinski definition) is 4. The fourth-order valence-electron chi connectivity index (χ4n) is 3.99. The van der Waals surface area contributed by atoms with Crippen LogP contribution in [0.4, 0.5) is 11.5 Å². The van der Waals surface area contributed by atoms with Crippen molar-refractivity contribution < 1.29 is 9.59 Å². The van der Waals surface area contributed by atoms with Crippen molar-refractivity contribution in [2.75, 3.05) is 18.4 Å². The predicted molar refractivity (Wildman–Crippen MR) is 131 cm³/mol. The van der Waals surface area contributed by atoms with Gasteiger partial charge in [0, 0.05) is 36.5 Å². The molecule has 3 aromatic rings. The van der Waals surface area contributed by atoms with Gasteiger partial charge in [-0.2, -0.15) is 5.26 Å². The van der Waals surface area contributed by atoms with Gasteiger partial charge in [0.25, 0.3) is 0 Å². The number of H-pyrrole nitrogens is 1. The lowest BCUT2D eigenvalue weighted by Gasteiger charge is -2.32. The number of carbonyl (C=O) groups is 2. The third-order valence-electron chi connectivity index (χ3n) is 5.73. The molecule has 1 saturated heterocycles. The number of aromatic nitrogens is 3. The molecule has 1 aliphatic heterocycles. The number of aromatic amines is 1. The number of Topliss-reactive ketones (excluding diaryl/α,β-unsaturated/α-hetero) is 1. The van der Waals surface area contributed by atoms with Crippen molar-refractivity contribution in [3.63, 3.8) is 0 Å². The molecule has 0 spiro atoms. The van der Waals surface area contributed by atoms with E-state index in [0.29, 0.717) is 35.6 Å². The van der Waals surface area contributed by atoms with E-state index in [1.807, 2.05) is 45.0 Å². The summed E-state index contributed by atoms with van der Waals surface area (Å²) < 4.78 is 0. The lowest BCUT2D eigenvalue weighted by Crippen LogP contribution is -2.57. The monoisotopic (exact) mass is 457 g/mol. The first kappa shape index (κ1) is 23.3. The highest BCUT2D eigenvalue weighted by atomic mass is 16.1. The largest absolute Gasteiger partial charge is 0.344 e. The summed E-state index contributed by atoms with van der Waals surface area (Å²) in [5.41, 5.74) is 3.42. The quantitative estimate of drug-likeness (QED) is 0.252. The molecule has 1 aromatic carbocycles. The molecule has 1 aliphatic rings. The van der Waals surface area contributed by atoms with Crippen LogP contribution in [0.15, 0.2) is 42.7 Å². The zero-order valence-corrected chi connectivity index (χ0v) is 19.3. The molecule has 0 bridgehead atoms. The van der Waals surface area contributed by atoms with Crippen molar-refractivity contribution >= 4 is 40.3 Å². The van der Waals surface area contributed by atoms with Crippen LogP contribution in [0.2, 0.25) is 0 Å². The van der Waals surface area contributed by atoms with Gasteiger partial charge in [0.1, 0.15) is 17.6 Å². The molecule has 2 unspecified atom stereocenters. The lowest BCUT2D eigenvalue weighted by molar-refractivity contribution is -0.110. The van der Waals surface area contributed by atoms with Gasteiger partial charge < -0.3 is 25.7 Å². The molecule has 9 nitrogen and oxygen atoms in total. The maximum absolute atomic E-state index is 12.8. The van der Waals surface area contributed by atoms with Crippen LogP contribution in [0.1, 0.15) is 36.7 Å². The van der Waals surface area contributed by atoms with E-state index in [-0.39, 0.29) is 11.8 Å². The second-order valence-electron chi connectivity index (χ2n) is 9.21. The molecule has 0 radical (unpaired) electrons. The van der Waals surface area contributed by atoms with E-state index in [2.05, 4.69) is 37.0 Å². The molecule has 2 atom stereocenters. The Hall–Kier alpha value is -3.87. The summed E-state index contributed by atoms with van der Waals surface area (Å²) in [6.45, 7) is 7.01. The number of benzene rings is 1. The number of ketones is 1. The molecule has 3 heterocycles. The molecule has 0 amide bonds. The average Bonchev–Trinajstić information content (AvgIpc) is 3.25. The summed E-state index contributed by atoms with van der Waals surface area (Å²) in [5, 5.41) is 19.0. The number of piperazine rings is 1. The van der Waals surface area contributed by atoms with E-state index in [1.165, 1.54) is 6.08 Å². The van der Waals surface area contributed by atoms with E-state index in [4.69, 9.17) is 0 Å². The third kappa shape index (κ3) is 4.73. The van der Waals surface area contributed by atoms with Crippen molar-refractivity contribution in [1.82, 2.24) is 25.6 Å². The molecular weight excluding hydrogens is 430 g/mol. The molecule has 34 heavy (non-hydrogen) atoms. The zero-order valence-electron chi connectivity index (χ0n) is 19.3. The zero-order chi connectivity index (χ0) is 24.3. The first-order valence-corrected chi connectivity index (χ1v) is 11.1. The Kier molecular flexibility index (Phi) is 6.54. The molecule has 0 saturated carbocycles. The average molecular weight is 458 g/mol. The summed E-state index contributed by atoms with van der Waals surface area (Å²) in [5.74, 6) is 0.501. The highest BCUT2D eigenvalue weighted by Crippen LogP contribution is 2.27. The Balaban J connectivity index is 1.58. The van der Waals surface area contributed by atoms with Crippen molar-refractivity contribution in [2.45, 2.75) is 32.9 Å². The van der Waals surface area contributed by atoms with Crippen LogP contribution < -0.4 is 16.0 Å². The van der Waals surface area contributed by atoms with Crippen LogP contribution in [0.25, 0.3) is 16.7 Å². The molecule has 174 valence electrons. The SMILES string of the molecule is CC(C)(C)C(=O)c1c[nH]c2ncc(Nc3ccc(C(=CC#N)C4NCCNC4C=O)cc3)nc12. The number of carbonyl (C=O) groups excluding carboxylic acids is 2. The third-order valence-corrected chi connectivity index (χ3v) is 5.73. The number of rotatable bonds is 6. The molecular formula is C25H27N7O2. The minimum absolute atomic E-state index is 0.00852. The van der Waals surface area contributed by atoms with Gasteiger partial charge in [-0.1, -0.05) is 32.9 Å². The molecule has 4 rings (SSSR count). The summed E-state index contributed by atoms with van der Waals surface area (Å²) in [4.78, 5) is 36.3. The van der Waals surface area contributed by atoms with Gasteiger partial charge in [-0.3, -0.25) is 4.79 Å². The number of nitriles is 1. The summed E-state index contributed by atoms with van der Waals surface area (Å²) >= 11 is 0. The molecule has 2 aromatic heterocycles. The van der Waals surface area contributed by atoms with E-state index >= 15 is 0 Å². The Morgan fingerprint density at radius 2 is 1.94 bits per heavy atom. The first-order valence-electron chi connectivity index (χ1n) is 11.1. The molecule has 0 aliphatic carbocycles. The smallest absolute Gasteiger partial charge is 0.171 e. The van der Waals surface area contributed by atoms with Gasteiger partial charge in [-0.05, 0) is 23.3 Å². The highest BCUT2D eigenvalue weighted by molar-refractivity contribution is 6.08. The minimum atomic E-state index is -0.531. The topological polar surface area (TPSA) is 136 Å². The van der Waals surface area contributed by atoms with Crippen molar-refractivity contribution in [1.29, 1.82) is 5.26 Å². The van der Waals surface area contributed by atoms with Crippen LogP contribution in [-0.4, -0.2) is 52.2 Å². The van der Waals surface area contributed by atoms with Gasteiger partial charge in [-0.25, -0.2) is 9.97 Å². The number of aldehydes is 1. The van der Waals surface area contributed by atoms with Gasteiger partial charge in [0.2, 0.25) is 0 Å². The van der Waals surface area contributed by atoms with Crippen molar-refractivity contribution in [2.24, 2.45) is 5.41 Å². The van der Waals surface area contributed by atoms with Crippen molar-refractivity contribution in [3.05, 3.63) is 53.9 Å². The Morgan fingerprint density at radius 3 is 2.62 bits per heavy atom. The predicted octanol–water partition coefficient (Wildman–Crippen LogP) is 2.97. The van der Waals surface area contributed by atoms with E-state index in [0.717, 1.165) is 23.1 Å². The number of nitrogens with zero attached hydrogens (tertiary/aromatic N) is 3. The number of nitrogens with one attached hydrogen (secondary N) is 4. The fraction of sp³-hybridized carbons (Fsp3) is 0.320. The van der Waals surface area contributed by atoms with Gasteiger partial charge >= 0.3 is 0 Å². The summed E-state index contributed by atoms with van der Waals surface area (Å²) in [6, 6.07) is 8.92. The molecule has 1 fully saturated rings. The van der Waals surface area contributed by atoms with Crippen LogP contribution in [0.5, 0.6) is 0 Å². The molecule has 4 N–H and O–H groups in total. The standard InChI is InChI=1S/C25H27N7O2/c1-25(2,3)23(34)18-12-29-24-22(18)32-20(13-30-24)31-16-6-4-15(5-7-16)17(8-9-26)21-19(14-33)27-10-11-28-21/h4-8,12-14,19,21,27-28H,10-11H2,1-3H3,(H,29,30)(H,31,32). The number of allylic oxidation sites excluding steroid dienone is 1. The van der Waals surface area contributed by atoms with Crippen LogP contribution in [0.3, 0.4) is 0 Å². The first-order chi connectivity index (χ1) is 16.3. The van der Waals surface area contributed by atoms with Gasteiger partial charge in [0.15, 0.2) is 11.4 Å². The maximum atomic E-state index is 12.8. The van der Waals surface area contributed by atoms with Crippen LogP contribution in [-0.2, 0) is 4.79 Å². The Morgan fingerprint density at radius 1 is 1.21 bits per heavy atom. The second kappa shape index (κ2) is 9.55. The van der Waals surface area contributed by atoms with Crippen molar-refractivity contribution in [3.8, 4) is 6.07 Å². The highest BCUT2D eigenvalue weighted by Gasteiger charge is 2.28. The van der Waals surface area contributed by atoms with Crippen LogP contribution in [0, 0.1) is 16.7 Å². The normalized spacial score (nSPS) is 18.9. The molecule has 9 heteroatoms. The van der Waals surface area contributed by atoms with Gasteiger partial charge in [0.05, 0.1) is 29.9 Å². The Labute approximate surface area is 197 Å². The van der Waals surface area contributed by atoms with E-state index in [1.54, 1.807) is 12.4 Å². The van der Waals surface area contributed by atoms with E-state index < -0.39 is 11.5 Å². The Bertz CT molecular complexity index is 1280. The summed E-state index contributed by atoms with van der Waals surface area (Å²) in [7, 11) is 0. The lowest BCUT2D eigenvalue weighted by atomic mass is 9.87.